The van der Waals surface area contributed by atoms with E-state index < -0.39 is 0 Å². The van der Waals surface area contributed by atoms with E-state index >= 15 is 0 Å². The fraction of sp³-hybridized carbons (Fsp3) is 1.00. The fourth-order valence-corrected chi connectivity index (χ4v) is 3.26. The maximum absolute atomic E-state index is 9.29. The van der Waals surface area contributed by atoms with Gasteiger partial charge in [-0.25, -0.2) is 0 Å². The highest BCUT2D eigenvalue weighted by atomic mass is 16.3. The van der Waals surface area contributed by atoms with E-state index in [0.29, 0.717) is 6.04 Å². The number of nitrogens with one attached hydrogen (secondary N) is 2. The molecule has 3 nitrogen and oxygen atoms in total. The molecule has 3 unspecified atom stereocenters. The van der Waals surface area contributed by atoms with Gasteiger partial charge in [-0.2, -0.15) is 0 Å². The van der Waals surface area contributed by atoms with Gasteiger partial charge in [0.1, 0.15) is 0 Å². The number of rotatable bonds is 5. The fourth-order valence-electron chi connectivity index (χ4n) is 3.26. The van der Waals surface area contributed by atoms with Gasteiger partial charge in [0.25, 0.3) is 0 Å². The molecule has 0 amide bonds. The third kappa shape index (κ3) is 3.43. The van der Waals surface area contributed by atoms with Crippen molar-refractivity contribution in [3.8, 4) is 0 Å². The predicted octanol–water partition coefficient (Wildman–Crippen LogP) is 1.52. The molecule has 3 heteroatoms. The monoisotopic (exact) mass is 240 g/mol. The summed E-state index contributed by atoms with van der Waals surface area (Å²) < 4.78 is 0. The zero-order chi connectivity index (χ0) is 12.3. The summed E-state index contributed by atoms with van der Waals surface area (Å²) in [6.45, 7) is 6.64. The molecule has 2 aliphatic rings. The molecule has 1 saturated carbocycles. The van der Waals surface area contributed by atoms with Crippen molar-refractivity contribution >= 4 is 0 Å². The van der Waals surface area contributed by atoms with Gasteiger partial charge in [0, 0.05) is 30.7 Å². The molecular weight excluding hydrogens is 212 g/mol. The van der Waals surface area contributed by atoms with Crippen LogP contribution in [0.3, 0.4) is 0 Å². The number of hydrogen-bond acceptors (Lipinski definition) is 3. The van der Waals surface area contributed by atoms with Crippen LogP contribution in [0.2, 0.25) is 0 Å². The van der Waals surface area contributed by atoms with E-state index in [1.165, 1.54) is 38.6 Å². The lowest BCUT2D eigenvalue weighted by molar-refractivity contribution is 0.148. The second kappa shape index (κ2) is 5.68. The van der Waals surface area contributed by atoms with Crippen LogP contribution in [0.5, 0.6) is 0 Å². The second-order valence-electron chi connectivity index (χ2n) is 6.61. The third-order valence-electron chi connectivity index (χ3n) is 4.46. The predicted molar refractivity (Wildman–Crippen MR) is 71.0 cm³/mol. The van der Waals surface area contributed by atoms with Gasteiger partial charge in [0.05, 0.1) is 0 Å². The van der Waals surface area contributed by atoms with Gasteiger partial charge in [-0.1, -0.05) is 20.3 Å². The second-order valence-corrected chi connectivity index (χ2v) is 6.61. The van der Waals surface area contributed by atoms with Crippen LogP contribution in [0.1, 0.15) is 46.0 Å². The maximum Gasteiger partial charge on any atom is 0.0494 e. The molecule has 2 rings (SSSR count). The summed E-state index contributed by atoms with van der Waals surface area (Å²) in [5, 5.41) is 16.6. The van der Waals surface area contributed by atoms with Gasteiger partial charge in [0.15, 0.2) is 0 Å². The molecule has 1 heterocycles. The Morgan fingerprint density at radius 2 is 2.06 bits per heavy atom. The van der Waals surface area contributed by atoms with Crippen molar-refractivity contribution in [2.75, 3.05) is 19.7 Å². The van der Waals surface area contributed by atoms with Gasteiger partial charge in [-0.15, -0.1) is 0 Å². The SMILES string of the molecule is CC(C)(CO)CNC1CCCC1C1CCCN1. The average Bonchev–Trinajstić information content (AvgIpc) is 2.96. The van der Waals surface area contributed by atoms with E-state index in [-0.39, 0.29) is 12.0 Å². The molecule has 1 aliphatic heterocycles. The minimum absolute atomic E-state index is 0.0102. The molecule has 3 N–H and O–H groups in total. The largest absolute Gasteiger partial charge is 0.396 e. The maximum atomic E-state index is 9.29. The third-order valence-corrected chi connectivity index (χ3v) is 4.46. The van der Waals surface area contributed by atoms with Crippen molar-refractivity contribution in [2.45, 2.75) is 58.0 Å². The van der Waals surface area contributed by atoms with Gasteiger partial charge in [0.2, 0.25) is 0 Å². The van der Waals surface area contributed by atoms with Gasteiger partial charge < -0.3 is 15.7 Å². The Labute approximate surface area is 105 Å². The quantitative estimate of drug-likeness (QED) is 0.682. The number of hydrogen-bond donors (Lipinski definition) is 3. The smallest absolute Gasteiger partial charge is 0.0494 e. The summed E-state index contributed by atoms with van der Waals surface area (Å²) in [6, 6.07) is 1.41. The van der Waals surface area contributed by atoms with E-state index in [1.807, 2.05) is 0 Å². The van der Waals surface area contributed by atoms with E-state index in [1.54, 1.807) is 0 Å². The summed E-state index contributed by atoms with van der Waals surface area (Å²) in [5.74, 6) is 0.812. The average molecular weight is 240 g/mol. The van der Waals surface area contributed by atoms with Crippen molar-refractivity contribution < 1.29 is 5.11 Å². The van der Waals surface area contributed by atoms with Crippen LogP contribution in [0.4, 0.5) is 0 Å². The molecule has 17 heavy (non-hydrogen) atoms. The lowest BCUT2D eigenvalue weighted by Gasteiger charge is -2.30. The molecule has 0 bridgehead atoms. The van der Waals surface area contributed by atoms with Crippen molar-refractivity contribution in [3.63, 3.8) is 0 Å². The van der Waals surface area contributed by atoms with Crippen LogP contribution in [-0.2, 0) is 0 Å². The van der Waals surface area contributed by atoms with Crippen molar-refractivity contribution in [1.82, 2.24) is 10.6 Å². The van der Waals surface area contributed by atoms with E-state index in [0.717, 1.165) is 18.5 Å². The van der Waals surface area contributed by atoms with Crippen LogP contribution in [-0.4, -0.2) is 36.9 Å². The Morgan fingerprint density at radius 3 is 2.71 bits per heavy atom. The zero-order valence-corrected chi connectivity index (χ0v) is 11.3. The van der Waals surface area contributed by atoms with Crippen LogP contribution in [0, 0.1) is 11.3 Å². The minimum Gasteiger partial charge on any atom is -0.396 e. The Balaban J connectivity index is 1.82. The number of aliphatic hydroxyl groups excluding tert-OH is 1. The van der Waals surface area contributed by atoms with Crippen molar-refractivity contribution in [1.29, 1.82) is 0 Å². The molecule has 2 fully saturated rings. The first-order chi connectivity index (χ1) is 8.12. The Morgan fingerprint density at radius 1 is 1.24 bits per heavy atom. The van der Waals surface area contributed by atoms with Crippen molar-refractivity contribution in [2.24, 2.45) is 11.3 Å². The van der Waals surface area contributed by atoms with Gasteiger partial charge in [-0.05, 0) is 38.1 Å². The minimum atomic E-state index is 0.0102. The summed E-state index contributed by atoms with van der Waals surface area (Å²) in [4.78, 5) is 0. The Hall–Kier alpha value is -0.120. The number of aliphatic hydroxyl groups is 1. The molecular formula is C14H28N2O. The zero-order valence-electron chi connectivity index (χ0n) is 11.3. The summed E-state index contributed by atoms with van der Waals surface area (Å²) in [5.41, 5.74) is 0.0102. The molecule has 0 aromatic carbocycles. The molecule has 3 atom stereocenters. The molecule has 0 spiro atoms. The van der Waals surface area contributed by atoms with Crippen LogP contribution in [0.15, 0.2) is 0 Å². The molecule has 0 radical (unpaired) electrons. The highest BCUT2D eigenvalue weighted by molar-refractivity contribution is 4.93. The van der Waals surface area contributed by atoms with Crippen LogP contribution >= 0.6 is 0 Å². The first-order valence-electron chi connectivity index (χ1n) is 7.20. The highest BCUT2D eigenvalue weighted by Gasteiger charge is 2.35. The lowest BCUT2D eigenvalue weighted by Crippen LogP contribution is -2.45. The molecule has 1 aliphatic carbocycles. The van der Waals surface area contributed by atoms with Gasteiger partial charge >= 0.3 is 0 Å². The topological polar surface area (TPSA) is 44.3 Å². The Kier molecular flexibility index (Phi) is 4.45. The molecule has 100 valence electrons. The standard InChI is InChI=1S/C14H28N2O/c1-14(2,10-17)9-16-13-6-3-5-11(13)12-7-4-8-15-12/h11-13,15-17H,3-10H2,1-2H3. The lowest BCUT2D eigenvalue weighted by atomic mass is 9.90. The highest BCUT2D eigenvalue weighted by Crippen LogP contribution is 2.32. The first-order valence-corrected chi connectivity index (χ1v) is 7.20. The molecule has 0 aromatic rings. The van der Waals surface area contributed by atoms with Crippen molar-refractivity contribution in [3.05, 3.63) is 0 Å². The molecule has 0 aromatic heterocycles. The van der Waals surface area contributed by atoms with E-state index in [9.17, 15) is 5.11 Å². The summed E-state index contributed by atoms with van der Waals surface area (Å²) in [7, 11) is 0. The van der Waals surface area contributed by atoms with Crippen LogP contribution < -0.4 is 10.6 Å². The van der Waals surface area contributed by atoms with E-state index in [4.69, 9.17) is 0 Å². The molecule has 1 saturated heterocycles. The van der Waals surface area contributed by atoms with Crippen LogP contribution in [0.25, 0.3) is 0 Å². The van der Waals surface area contributed by atoms with Gasteiger partial charge in [-0.3, -0.25) is 0 Å². The summed E-state index contributed by atoms with van der Waals surface area (Å²) >= 11 is 0. The van der Waals surface area contributed by atoms with E-state index in [2.05, 4.69) is 24.5 Å². The Bertz CT molecular complexity index is 236. The summed E-state index contributed by atoms with van der Waals surface area (Å²) in [6.07, 6.45) is 6.74. The normalized spacial score (nSPS) is 34.4. The first kappa shape index (κ1) is 13.3.